The minimum absolute atomic E-state index is 0.339. The maximum absolute atomic E-state index is 12.4. The van der Waals surface area contributed by atoms with Crippen LogP contribution < -0.4 is 0 Å². The molecule has 0 unspecified atom stereocenters. The van der Waals surface area contributed by atoms with Gasteiger partial charge in [-0.3, -0.25) is 9.36 Å². The van der Waals surface area contributed by atoms with Crippen molar-refractivity contribution in [3.63, 3.8) is 0 Å². The van der Waals surface area contributed by atoms with Crippen LogP contribution in [0, 0.1) is 0 Å². The minimum atomic E-state index is -2.87. The highest BCUT2D eigenvalue weighted by Crippen LogP contribution is 2.50. The van der Waals surface area contributed by atoms with E-state index in [2.05, 4.69) is 0 Å². The Balaban J connectivity index is 3.15. The van der Waals surface area contributed by atoms with E-state index in [9.17, 15) is 9.36 Å². The van der Waals surface area contributed by atoms with Crippen molar-refractivity contribution in [1.82, 2.24) is 0 Å². The fraction of sp³-hybridized carbons (Fsp3) is 0.972. The van der Waals surface area contributed by atoms with Gasteiger partial charge in [-0.2, -0.15) is 0 Å². The molecule has 0 aliphatic rings. The number of carboxylic acids is 1. The molecule has 0 heterocycles. The summed E-state index contributed by atoms with van der Waals surface area (Å²) in [6.45, 7) is 4.63. The van der Waals surface area contributed by atoms with E-state index >= 15 is 0 Å². The van der Waals surface area contributed by atoms with Gasteiger partial charge in [-0.15, -0.1) is 11.8 Å². The van der Waals surface area contributed by atoms with Gasteiger partial charge in [-0.1, -0.05) is 167 Å². The molecular formula is C36H73O5PS. The van der Waals surface area contributed by atoms with Crippen LogP contribution >= 0.6 is 19.4 Å². The predicted molar refractivity (Wildman–Crippen MR) is 190 cm³/mol. The lowest BCUT2D eigenvalue weighted by atomic mass is 10.0. The smallest absolute Gasteiger partial charge is 0.340 e. The van der Waals surface area contributed by atoms with Crippen LogP contribution in [0.15, 0.2) is 0 Å². The second-order valence-corrected chi connectivity index (χ2v) is 16.1. The Morgan fingerprint density at radius 3 is 1.00 bits per heavy atom. The molecule has 1 N–H and O–H groups in total. The molecule has 0 saturated heterocycles. The van der Waals surface area contributed by atoms with Crippen molar-refractivity contribution in [2.45, 2.75) is 200 Å². The van der Waals surface area contributed by atoms with Crippen LogP contribution in [-0.4, -0.2) is 35.5 Å². The second-order valence-electron chi connectivity index (χ2n) is 12.5. The normalized spacial score (nSPS) is 11.9. The topological polar surface area (TPSA) is 72.8 Å². The van der Waals surface area contributed by atoms with E-state index in [4.69, 9.17) is 14.2 Å². The van der Waals surface area contributed by atoms with Gasteiger partial charge in [-0.05, 0) is 32.4 Å². The molecule has 258 valence electrons. The number of thioether (sulfide) groups is 1. The zero-order valence-electron chi connectivity index (χ0n) is 28.8. The maximum Gasteiger partial charge on any atom is 0.340 e. The third-order valence-electron chi connectivity index (χ3n) is 8.33. The molecule has 5 nitrogen and oxygen atoms in total. The highest BCUT2D eigenvalue weighted by atomic mass is 32.2. The van der Waals surface area contributed by atoms with Crippen molar-refractivity contribution in [1.29, 1.82) is 0 Å². The number of carboxylic acid groups (broad SMARTS) is 1. The summed E-state index contributed by atoms with van der Waals surface area (Å²) in [5, 5.41) is 8.64. The first-order valence-corrected chi connectivity index (χ1v) is 21.6. The molecule has 0 spiro atoms. The Bertz CT molecular complexity index is 608. The first-order chi connectivity index (χ1) is 21.0. The molecule has 0 fully saturated rings. The van der Waals surface area contributed by atoms with Crippen molar-refractivity contribution in [3.8, 4) is 0 Å². The minimum Gasteiger partial charge on any atom is -0.481 e. The first-order valence-electron chi connectivity index (χ1n) is 18.7. The fourth-order valence-electron chi connectivity index (χ4n) is 5.76. The molecule has 0 aromatic carbocycles. The van der Waals surface area contributed by atoms with Gasteiger partial charge >= 0.3 is 13.6 Å². The van der Waals surface area contributed by atoms with Crippen LogP contribution in [0.25, 0.3) is 0 Å². The number of hydrogen-bond donors (Lipinski definition) is 1. The zero-order chi connectivity index (χ0) is 31.5. The second kappa shape index (κ2) is 34.8. The van der Waals surface area contributed by atoms with Gasteiger partial charge in [0.15, 0.2) is 0 Å². The number of carbonyl (C=O) groups is 1. The lowest BCUT2D eigenvalue weighted by molar-refractivity contribution is -0.137. The van der Waals surface area contributed by atoms with Crippen molar-refractivity contribution in [2.75, 3.05) is 24.5 Å². The largest absolute Gasteiger partial charge is 0.481 e. The first kappa shape index (κ1) is 43.0. The molecule has 7 heteroatoms. The van der Waals surface area contributed by atoms with Gasteiger partial charge in [0.05, 0.1) is 18.7 Å². The molecule has 0 aliphatic heterocycles. The standard InChI is InChI=1S/C36H73O5PS/c1-3-40-42(39,41-4-2)35-43-34-32-30-28-26-24-22-20-18-16-14-12-10-8-6-5-7-9-11-13-15-17-19-21-23-25-27-29-31-33-36(37)38/h3-35H2,1-2H3,(H,37,38). The van der Waals surface area contributed by atoms with E-state index in [1.54, 1.807) is 11.8 Å². The number of rotatable bonds is 37. The number of aliphatic carboxylic acids is 1. The van der Waals surface area contributed by atoms with Crippen molar-refractivity contribution < 1.29 is 23.5 Å². The van der Waals surface area contributed by atoms with Crippen LogP contribution in [0.5, 0.6) is 0 Å². The number of hydrogen-bond acceptors (Lipinski definition) is 5. The van der Waals surface area contributed by atoms with Gasteiger partial charge in [0.25, 0.3) is 0 Å². The van der Waals surface area contributed by atoms with E-state index in [-0.39, 0.29) is 0 Å². The molecule has 0 aromatic rings. The van der Waals surface area contributed by atoms with E-state index in [1.807, 2.05) is 13.8 Å². The third kappa shape index (κ3) is 34.7. The Morgan fingerprint density at radius 2 is 0.744 bits per heavy atom. The molecule has 0 rings (SSSR count). The van der Waals surface area contributed by atoms with Crippen molar-refractivity contribution >= 4 is 25.3 Å². The Labute approximate surface area is 272 Å². The highest BCUT2D eigenvalue weighted by Gasteiger charge is 2.22. The summed E-state index contributed by atoms with van der Waals surface area (Å²) in [5.74, 6) is 0.395. The third-order valence-corrected chi connectivity index (χ3v) is 12.2. The van der Waals surface area contributed by atoms with Crippen LogP contribution in [-0.2, 0) is 18.4 Å². The molecule has 0 radical (unpaired) electrons. The summed E-state index contributed by atoms with van der Waals surface area (Å²) < 4.78 is 23.1. The van der Waals surface area contributed by atoms with Crippen LogP contribution in [0.1, 0.15) is 200 Å². The van der Waals surface area contributed by atoms with Gasteiger partial charge in [-0.25, -0.2) is 0 Å². The summed E-state index contributed by atoms with van der Waals surface area (Å²) in [6.07, 6.45) is 38.2. The van der Waals surface area contributed by atoms with Gasteiger partial charge in [0.1, 0.15) is 0 Å². The summed E-state index contributed by atoms with van der Waals surface area (Å²) >= 11 is 1.71. The van der Waals surface area contributed by atoms with E-state index < -0.39 is 13.6 Å². The molecule has 0 atom stereocenters. The van der Waals surface area contributed by atoms with Crippen LogP contribution in [0.3, 0.4) is 0 Å². The molecule has 0 amide bonds. The monoisotopic (exact) mass is 648 g/mol. The van der Waals surface area contributed by atoms with Gasteiger partial charge in [0, 0.05) is 6.42 Å². The SMILES string of the molecule is CCOP(=O)(CSCCCCCCCCCCCCCCCCCCCCCCCCCCCCCCC(=O)O)OCC. The van der Waals surface area contributed by atoms with Crippen molar-refractivity contribution in [2.24, 2.45) is 0 Å². The highest BCUT2D eigenvalue weighted by molar-refractivity contribution is 8.04. The van der Waals surface area contributed by atoms with E-state index in [1.165, 1.54) is 167 Å². The average Bonchev–Trinajstić information content (AvgIpc) is 2.98. The molecule has 0 saturated carbocycles. The fourth-order valence-corrected chi connectivity index (χ4v) is 9.03. The maximum atomic E-state index is 12.4. The summed E-state index contributed by atoms with van der Waals surface area (Å²) in [7, 11) is -2.87. The van der Waals surface area contributed by atoms with Gasteiger partial charge < -0.3 is 14.2 Å². The molecule has 0 aliphatic carbocycles. The lowest BCUT2D eigenvalue weighted by Crippen LogP contribution is -1.98. The molecule has 0 aromatic heterocycles. The molecule has 0 bridgehead atoms. The van der Waals surface area contributed by atoms with Gasteiger partial charge in [0.2, 0.25) is 0 Å². The summed E-state index contributed by atoms with van der Waals surface area (Å²) in [4.78, 5) is 10.5. The quantitative estimate of drug-likeness (QED) is 0.0534. The number of unbranched alkanes of at least 4 members (excludes halogenated alkanes) is 27. The zero-order valence-corrected chi connectivity index (χ0v) is 30.5. The Kier molecular flexibility index (Phi) is 34.8. The van der Waals surface area contributed by atoms with Crippen molar-refractivity contribution in [3.05, 3.63) is 0 Å². The Morgan fingerprint density at radius 1 is 0.488 bits per heavy atom. The molecular weight excluding hydrogens is 575 g/mol. The molecule has 43 heavy (non-hydrogen) atoms. The van der Waals surface area contributed by atoms with E-state index in [0.717, 1.165) is 18.6 Å². The van der Waals surface area contributed by atoms with Crippen LogP contribution in [0.2, 0.25) is 0 Å². The summed E-state index contributed by atoms with van der Waals surface area (Å²) in [5.41, 5.74) is 0.486. The lowest BCUT2D eigenvalue weighted by Gasteiger charge is -2.16. The summed E-state index contributed by atoms with van der Waals surface area (Å²) in [6, 6.07) is 0. The predicted octanol–water partition coefficient (Wildman–Crippen LogP) is 13.3. The average molecular weight is 649 g/mol. The Hall–Kier alpha value is -0.0300. The van der Waals surface area contributed by atoms with Crippen LogP contribution in [0.4, 0.5) is 0 Å². The van der Waals surface area contributed by atoms with E-state index in [0.29, 0.717) is 25.1 Å².